The van der Waals surface area contributed by atoms with Gasteiger partial charge in [0.2, 0.25) is 0 Å². The van der Waals surface area contributed by atoms with Crippen LogP contribution in [0, 0.1) is 13.8 Å². The fourth-order valence-electron chi connectivity index (χ4n) is 2.08. The summed E-state index contributed by atoms with van der Waals surface area (Å²) in [6, 6.07) is 8.73. The number of hydrogen-bond donors (Lipinski definition) is 2. The van der Waals surface area contributed by atoms with Crippen LogP contribution in [0.5, 0.6) is 0 Å². The van der Waals surface area contributed by atoms with Gasteiger partial charge in [-0.1, -0.05) is 18.2 Å². The number of thiophene rings is 1. The first-order valence-corrected chi connectivity index (χ1v) is 8.45. The standard InChI is InChI=1S/C18H22N2O3S/c1-11-12(2)24-15(14(11)16(21)23-18(3,4)5)20-17(22)19-13-9-7-6-8-10-13/h6-10H,1-5H3,(H2,19,20,22). The molecule has 1 aromatic carbocycles. The maximum Gasteiger partial charge on any atom is 0.341 e. The number of amides is 2. The minimum atomic E-state index is -0.594. The molecule has 0 bridgehead atoms. The molecule has 0 unspecified atom stereocenters. The van der Waals surface area contributed by atoms with Gasteiger partial charge in [-0.3, -0.25) is 5.32 Å². The Labute approximate surface area is 146 Å². The molecule has 0 fully saturated rings. The van der Waals surface area contributed by atoms with Crippen LogP contribution in [0.3, 0.4) is 0 Å². The van der Waals surface area contributed by atoms with E-state index in [1.54, 1.807) is 12.1 Å². The van der Waals surface area contributed by atoms with Crippen molar-refractivity contribution in [3.05, 3.63) is 46.3 Å². The predicted octanol–water partition coefficient (Wildman–Crippen LogP) is 4.96. The molecule has 0 saturated heterocycles. The summed E-state index contributed by atoms with van der Waals surface area (Å²) >= 11 is 1.36. The summed E-state index contributed by atoms with van der Waals surface area (Å²) in [6.45, 7) is 9.21. The SMILES string of the molecule is Cc1sc(NC(=O)Nc2ccccc2)c(C(=O)OC(C)(C)C)c1C. The number of nitrogens with one attached hydrogen (secondary N) is 2. The first kappa shape index (κ1) is 18.0. The normalized spacial score (nSPS) is 11.0. The van der Waals surface area contributed by atoms with Crippen molar-refractivity contribution in [1.82, 2.24) is 0 Å². The summed E-state index contributed by atoms with van der Waals surface area (Å²) in [4.78, 5) is 25.6. The molecular weight excluding hydrogens is 324 g/mol. The largest absolute Gasteiger partial charge is 0.456 e. The summed E-state index contributed by atoms with van der Waals surface area (Å²) in [6.07, 6.45) is 0. The molecular formula is C18H22N2O3S. The van der Waals surface area contributed by atoms with Gasteiger partial charge in [-0.05, 0) is 52.3 Å². The van der Waals surface area contributed by atoms with Gasteiger partial charge in [0, 0.05) is 10.6 Å². The molecule has 6 heteroatoms. The van der Waals surface area contributed by atoms with Gasteiger partial charge in [-0.2, -0.15) is 0 Å². The summed E-state index contributed by atoms with van der Waals surface area (Å²) < 4.78 is 5.45. The second-order valence-electron chi connectivity index (χ2n) is 6.43. The molecule has 0 spiro atoms. The van der Waals surface area contributed by atoms with Gasteiger partial charge in [0.15, 0.2) is 0 Å². The van der Waals surface area contributed by atoms with E-state index in [2.05, 4.69) is 10.6 Å². The monoisotopic (exact) mass is 346 g/mol. The van der Waals surface area contributed by atoms with E-state index in [0.717, 1.165) is 10.4 Å². The minimum absolute atomic E-state index is 0.396. The summed E-state index contributed by atoms with van der Waals surface area (Å²) in [5.41, 5.74) is 1.32. The highest BCUT2D eigenvalue weighted by Gasteiger charge is 2.26. The zero-order valence-corrected chi connectivity index (χ0v) is 15.3. The fourth-order valence-corrected chi connectivity index (χ4v) is 3.12. The van der Waals surface area contributed by atoms with Crippen LogP contribution >= 0.6 is 11.3 Å². The number of para-hydroxylation sites is 1. The number of carbonyl (C=O) groups excluding carboxylic acids is 2. The average molecular weight is 346 g/mol. The lowest BCUT2D eigenvalue weighted by Crippen LogP contribution is -2.25. The van der Waals surface area contributed by atoms with Crippen molar-refractivity contribution < 1.29 is 14.3 Å². The Kier molecular flexibility index (Phi) is 5.29. The van der Waals surface area contributed by atoms with Crippen molar-refractivity contribution in [2.75, 3.05) is 10.6 Å². The minimum Gasteiger partial charge on any atom is -0.456 e. The van der Waals surface area contributed by atoms with E-state index < -0.39 is 17.6 Å². The van der Waals surface area contributed by atoms with Gasteiger partial charge in [-0.25, -0.2) is 9.59 Å². The Morgan fingerprint density at radius 1 is 1.04 bits per heavy atom. The Hall–Kier alpha value is -2.34. The zero-order valence-electron chi connectivity index (χ0n) is 14.5. The number of hydrogen-bond acceptors (Lipinski definition) is 4. The Morgan fingerprint density at radius 3 is 2.25 bits per heavy atom. The molecule has 2 aromatic rings. The van der Waals surface area contributed by atoms with Crippen LogP contribution in [0.1, 0.15) is 41.6 Å². The third-order valence-corrected chi connectivity index (χ3v) is 4.37. The van der Waals surface area contributed by atoms with Crippen molar-refractivity contribution in [3.8, 4) is 0 Å². The molecule has 1 heterocycles. The second kappa shape index (κ2) is 7.05. The number of benzene rings is 1. The van der Waals surface area contributed by atoms with Crippen molar-refractivity contribution in [3.63, 3.8) is 0 Å². The zero-order chi connectivity index (χ0) is 17.9. The summed E-state index contributed by atoms with van der Waals surface area (Å²) in [7, 11) is 0. The molecule has 2 amide bonds. The first-order chi connectivity index (χ1) is 11.2. The fraction of sp³-hybridized carbons (Fsp3) is 0.333. The van der Waals surface area contributed by atoms with Gasteiger partial charge in [0.1, 0.15) is 10.6 Å². The molecule has 0 aliphatic rings. The molecule has 5 nitrogen and oxygen atoms in total. The Balaban J connectivity index is 2.20. The van der Waals surface area contributed by atoms with Crippen LogP contribution in [0.4, 0.5) is 15.5 Å². The van der Waals surface area contributed by atoms with Crippen LogP contribution in [-0.2, 0) is 4.74 Å². The van der Waals surface area contributed by atoms with Gasteiger partial charge < -0.3 is 10.1 Å². The molecule has 24 heavy (non-hydrogen) atoms. The molecule has 1 aromatic heterocycles. The summed E-state index contributed by atoms with van der Waals surface area (Å²) in [5.74, 6) is -0.431. The van der Waals surface area contributed by atoms with Crippen LogP contribution in [0.15, 0.2) is 30.3 Å². The molecule has 0 aliphatic carbocycles. The third-order valence-electron chi connectivity index (χ3n) is 3.25. The molecule has 0 atom stereocenters. The van der Waals surface area contributed by atoms with Crippen LogP contribution in [0.2, 0.25) is 0 Å². The number of anilines is 2. The maximum absolute atomic E-state index is 12.5. The van der Waals surface area contributed by atoms with E-state index in [4.69, 9.17) is 4.74 Å². The van der Waals surface area contributed by atoms with Gasteiger partial charge in [-0.15, -0.1) is 11.3 Å². The summed E-state index contributed by atoms with van der Waals surface area (Å²) in [5, 5.41) is 5.99. The van der Waals surface area contributed by atoms with Crippen LogP contribution in [0.25, 0.3) is 0 Å². The molecule has 128 valence electrons. The van der Waals surface area contributed by atoms with Gasteiger partial charge >= 0.3 is 12.0 Å². The van der Waals surface area contributed by atoms with Crippen LogP contribution < -0.4 is 10.6 Å². The van der Waals surface area contributed by atoms with E-state index in [1.165, 1.54) is 11.3 Å². The molecule has 2 N–H and O–H groups in total. The van der Waals surface area contributed by atoms with E-state index in [9.17, 15) is 9.59 Å². The number of aryl methyl sites for hydroxylation is 1. The second-order valence-corrected chi connectivity index (χ2v) is 7.66. The van der Waals surface area contributed by atoms with E-state index in [1.807, 2.05) is 52.8 Å². The lowest BCUT2D eigenvalue weighted by Gasteiger charge is -2.20. The lowest BCUT2D eigenvalue weighted by atomic mass is 10.1. The highest BCUT2D eigenvalue weighted by atomic mass is 32.1. The van der Waals surface area contributed by atoms with Gasteiger partial charge in [0.05, 0.1) is 5.56 Å². The number of urea groups is 1. The van der Waals surface area contributed by atoms with E-state index in [0.29, 0.717) is 16.3 Å². The third kappa shape index (κ3) is 4.58. The number of rotatable bonds is 3. The van der Waals surface area contributed by atoms with Crippen molar-refractivity contribution in [2.45, 2.75) is 40.2 Å². The Bertz CT molecular complexity index is 746. The Morgan fingerprint density at radius 2 is 1.67 bits per heavy atom. The topological polar surface area (TPSA) is 67.4 Å². The molecule has 2 rings (SSSR count). The number of ether oxygens (including phenoxy) is 1. The number of carbonyl (C=O) groups is 2. The highest BCUT2D eigenvalue weighted by molar-refractivity contribution is 7.16. The smallest absolute Gasteiger partial charge is 0.341 e. The van der Waals surface area contributed by atoms with E-state index in [-0.39, 0.29) is 0 Å². The molecule has 0 radical (unpaired) electrons. The predicted molar refractivity (Wildman–Crippen MR) is 98.0 cm³/mol. The first-order valence-electron chi connectivity index (χ1n) is 7.64. The molecule has 0 aliphatic heterocycles. The van der Waals surface area contributed by atoms with Crippen molar-refractivity contribution in [2.24, 2.45) is 0 Å². The van der Waals surface area contributed by atoms with Crippen molar-refractivity contribution in [1.29, 1.82) is 0 Å². The van der Waals surface area contributed by atoms with Gasteiger partial charge in [0.25, 0.3) is 0 Å². The van der Waals surface area contributed by atoms with E-state index >= 15 is 0 Å². The maximum atomic E-state index is 12.5. The molecule has 0 saturated carbocycles. The van der Waals surface area contributed by atoms with Crippen molar-refractivity contribution >= 4 is 34.0 Å². The van der Waals surface area contributed by atoms with Crippen LogP contribution in [-0.4, -0.2) is 17.6 Å². The lowest BCUT2D eigenvalue weighted by molar-refractivity contribution is 0.00705. The average Bonchev–Trinajstić information content (AvgIpc) is 2.72. The number of esters is 1. The highest BCUT2D eigenvalue weighted by Crippen LogP contribution is 2.34. The quantitative estimate of drug-likeness (QED) is 0.772.